The molecule has 1 amide bonds. The van der Waals surface area contributed by atoms with Crippen LogP contribution < -0.4 is 4.90 Å². The summed E-state index contributed by atoms with van der Waals surface area (Å²) in [7, 11) is 0. The summed E-state index contributed by atoms with van der Waals surface area (Å²) in [6.45, 7) is 0.705. The summed E-state index contributed by atoms with van der Waals surface area (Å²) < 4.78 is 18.7. The number of azide groups is 1. The topological polar surface area (TPSA) is 78.3 Å². The number of benzene rings is 1. The third-order valence-electron chi connectivity index (χ3n) is 2.65. The second-order valence-corrected chi connectivity index (χ2v) is 3.71. The van der Waals surface area contributed by atoms with E-state index < -0.39 is 12.2 Å². The minimum absolute atomic E-state index is 0.0377. The highest BCUT2D eigenvalue weighted by molar-refractivity contribution is 6.00. The molecule has 0 bridgehead atoms. The second kappa shape index (κ2) is 5.48. The van der Waals surface area contributed by atoms with Gasteiger partial charge < -0.3 is 9.64 Å². The van der Waals surface area contributed by atoms with Crippen LogP contribution in [0.4, 0.5) is 10.1 Å². The van der Waals surface area contributed by atoms with Gasteiger partial charge in [0, 0.05) is 17.0 Å². The average Bonchev–Trinajstić information content (AvgIpc) is 2.40. The summed E-state index contributed by atoms with van der Waals surface area (Å²) in [5.41, 5.74) is 8.90. The third kappa shape index (κ3) is 2.42. The van der Waals surface area contributed by atoms with E-state index in [1.165, 1.54) is 11.0 Å². The number of carbonyl (C=O) groups excluding carboxylic acids is 1. The summed E-state index contributed by atoms with van der Waals surface area (Å²) in [4.78, 5) is 15.5. The van der Waals surface area contributed by atoms with E-state index in [4.69, 9.17) is 10.3 Å². The van der Waals surface area contributed by atoms with Gasteiger partial charge in [-0.1, -0.05) is 12.1 Å². The minimum Gasteiger partial charge on any atom is -0.375 e. The second-order valence-electron chi connectivity index (χ2n) is 3.71. The lowest BCUT2D eigenvalue weighted by Crippen LogP contribution is -2.43. The standard InChI is InChI=1S/C11H11FN4O2/c12-10-7-18-6-5-16(10)9-4-2-1-3-8(9)11(17)14-15-13/h1-4,10H,5-7H2. The number of hydrogen-bond donors (Lipinski definition) is 0. The van der Waals surface area contributed by atoms with E-state index in [2.05, 4.69) is 10.0 Å². The van der Waals surface area contributed by atoms with Crippen LogP contribution in [0.3, 0.4) is 0 Å². The van der Waals surface area contributed by atoms with Crippen molar-refractivity contribution in [3.63, 3.8) is 0 Å². The number of hydrogen-bond acceptors (Lipinski definition) is 3. The number of alkyl halides is 1. The van der Waals surface area contributed by atoms with E-state index in [1.54, 1.807) is 18.2 Å². The predicted octanol–water partition coefficient (Wildman–Crippen LogP) is 2.27. The summed E-state index contributed by atoms with van der Waals surface area (Å²) in [6, 6.07) is 6.47. The quantitative estimate of drug-likeness (QED) is 0.349. The van der Waals surface area contributed by atoms with Gasteiger partial charge >= 0.3 is 0 Å². The Morgan fingerprint density at radius 2 is 2.33 bits per heavy atom. The van der Waals surface area contributed by atoms with Gasteiger partial charge in [-0.3, -0.25) is 4.79 Å². The van der Waals surface area contributed by atoms with E-state index in [-0.39, 0.29) is 12.2 Å². The molecule has 1 unspecified atom stereocenters. The van der Waals surface area contributed by atoms with Gasteiger partial charge in [-0.25, -0.2) is 4.39 Å². The Morgan fingerprint density at radius 1 is 1.56 bits per heavy atom. The van der Waals surface area contributed by atoms with Crippen LogP contribution in [0.15, 0.2) is 29.4 Å². The van der Waals surface area contributed by atoms with Crippen LogP contribution >= 0.6 is 0 Å². The van der Waals surface area contributed by atoms with Crippen molar-refractivity contribution in [2.75, 3.05) is 24.7 Å². The zero-order valence-electron chi connectivity index (χ0n) is 9.49. The van der Waals surface area contributed by atoms with Crippen LogP contribution in [-0.4, -0.2) is 32.0 Å². The van der Waals surface area contributed by atoms with Gasteiger partial charge in [0.15, 0.2) is 6.30 Å². The van der Waals surface area contributed by atoms with Crippen molar-refractivity contribution in [2.45, 2.75) is 6.30 Å². The van der Waals surface area contributed by atoms with Crippen LogP contribution in [0.5, 0.6) is 0 Å². The number of nitrogens with zero attached hydrogens (tertiary/aromatic N) is 4. The molecule has 1 aromatic carbocycles. The normalized spacial score (nSPS) is 19.2. The molecule has 7 heteroatoms. The van der Waals surface area contributed by atoms with Gasteiger partial charge in [0.25, 0.3) is 5.91 Å². The third-order valence-corrected chi connectivity index (χ3v) is 2.65. The summed E-state index contributed by atoms with van der Waals surface area (Å²) >= 11 is 0. The van der Waals surface area contributed by atoms with Crippen molar-refractivity contribution in [3.05, 3.63) is 40.3 Å². The van der Waals surface area contributed by atoms with E-state index in [0.717, 1.165) is 0 Å². The first kappa shape index (κ1) is 12.3. The highest BCUT2D eigenvalue weighted by Gasteiger charge is 2.25. The lowest BCUT2D eigenvalue weighted by molar-refractivity contribution is 0.0495. The fourth-order valence-corrected chi connectivity index (χ4v) is 1.84. The van der Waals surface area contributed by atoms with E-state index in [0.29, 0.717) is 18.8 Å². The first-order valence-electron chi connectivity index (χ1n) is 5.41. The molecule has 1 aliphatic heterocycles. The fourth-order valence-electron chi connectivity index (χ4n) is 1.84. The molecule has 1 fully saturated rings. The lowest BCUT2D eigenvalue weighted by atomic mass is 10.1. The van der Waals surface area contributed by atoms with Crippen LogP contribution in [0.25, 0.3) is 10.4 Å². The number of halogens is 1. The number of amides is 1. The Morgan fingerprint density at radius 3 is 3.06 bits per heavy atom. The first-order chi connectivity index (χ1) is 8.74. The zero-order valence-corrected chi connectivity index (χ0v) is 9.49. The van der Waals surface area contributed by atoms with Crippen molar-refractivity contribution in [1.82, 2.24) is 0 Å². The zero-order chi connectivity index (χ0) is 13.0. The smallest absolute Gasteiger partial charge is 0.251 e. The minimum atomic E-state index is -1.31. The number of rotatable bonds is 2. The lowest BCUT2D eigenvalue weighted by Gasteiger charge is -2.33. The van der Waals surface area contributed by atoms with Crippen molar-refractivity contribution >= 4 is 11.6 Å². The average molecular weight is 250 g/mol. The molecule has 94 valence electrons. The molecular weight excluding hydrogens is 239 g/mol. The monoisotopic (exact) mass is 250 g/mol. The van der Waals surface area contributed by atoms with Gasteiger partial charge in [0.2, 0.25) is 0 Å². The molecule has 0 radical (unpaired) electrons. The Kier molecular flexibility index (Phi) is 3.76. The predicted molar refractivity (Wildman–Crippen MR) is 63.0 cm³/mol. The van der Waals surface area contributed by atoms with Crippen molar-refractivity contribution in [2.24, 2.45) is 5.11 Å². The molecule has 6 nitrogen and oxygen atoms in total. The summed E-state index contributed by atoms with van der Waals surface area (Å²) in [5.74, 6) is -0.716. The molecule has 0 spiro atoms. The van der Waals surface area contributed by atoms with Gasteiger partial charge in [0.1, 0.15) is 0 Å². The molecule has 0 aliphatic carbocycles. The molecule has 0 N–H and O–H groups in total. The molecule has 0 saturated carbocycles. The van der Waals surface area contributed by atoms with Crippen LogP contribution in [0, 0.1) is 0 Å². The molecule has 1 aliphatic rings. The number of para-hydroxylation sites is 1. The van der Waals surface area contributed by atoms with Gasteiger partial charge in [-0.05, 0) is 22.8 Å². The Hall–Kier alpha value is -2.11. The summed E-state index contributed by atoms with van der Waals surface area (Å²) in [6.07, 6.45) is -1.31. The number of morpholine rings is 1. The molecule has 0 aromatic heterocycles. The Balaban J connectivity index is 2.37. The number of carbonyl (C=O) groups is 1. The highest BCUT2D eigenvalue weighted by atomic mass is 19.1. The first-order valence-corrected chi connectivity index (χ1v) is 5.41. The van der Waals surface area contributed by atoms with Crippen molar-refractivity contribution in [1.29, 1.82) is 0 Å². The summed E-state index contributed by atoms with van der Waals surface area (Å²) in [5, 5.41) is 3.04. The Labute approximate surface area is 103 Å². The number of ether oxygens (including phenoxy) is 1. The molecule has 1 atom stereocenters. The maximum atomic E-state index is 13.7. The van der Waals surface area contributed by atoms with Crippen molar-refractivity contribution in [3.8, 4) is 0 Å². The maximum Gasteiger partial charge on any atom is 0.251 e. The van der Waals surface area contributed by atoms with Gasteiger partial charge in [0.05, 0.1) is 18.9 Å². The maximum absolute atomic E-state index is 13.7. The number of anilines is 1. The van der Waals surface area contributed by atoms with Crippen LogP contribution in [0.2, 0.25) is 0 Å². The van der Waals surface area contributed by atoms with Gasteiger partial charge in [-0.2, -0.15) is 0 Å². The largest absolute Gasteiger partial charge is 0.375 e. The Bertz CT molecular complexity index is 502. The van der Waals surface area contributed by atoms with E-state index >= 15 is 0 Å². The SMILES string of the molecule is [N-]=[N+]=NC(=O)c1ccccc1N1CCOCC1F. The van der Waals surface area contributed by atoms with Crippen molar-refractivity contribution < 1.29 is 13.9 Å². The molecule has 1 saturated heterocycles. The molecular formula is C11H11FN4O2. The molecule has 1 heterocycles. The van der Waals surface area contributed by atoms with E-state index in [1.807, 2.05) is 0 Å². The van der Waals surface area contributed by atoms with Gasteiger partial charge in [-0.15, -0.1) is 0 Å². The molecule has 2 rings (SSSR count). The van der Waals surface area contributed by atoms with Crippen LogP contribution in [0.1, 0.15) is 10.4 Å². The highest BCUT2D eigenvalue weighted by Crippen LogP contribution is 2.25. The molecule has 18 heavy (non-hydrogen) atoms. The molecule has 1 aromatic rings. The van der Waals surface area contributed by atoms with Crippen LogP contribution in [-0.2, 0) is 4.74 Å². The van der Waals surface area contributed by atoms with E-state index in [9.17, 15) is 9.18 Å². The fraction of sp³-hybridized carbons (Fsp3) is 0.364.